The van der Waals surface area contributed by atoms with Crippen molar-refractivity contribution in [2.75, 3.05) is 24.1 Å². The number of alkyl carbamates (subject to hydrolysis) is 1. The third-order valence-electron chi connectivity index (χ3n) is 2.79. The topological polar surface area (TPSA) is 129 Å². The van der Waals surface area contributed by atoms with E-state index in [2.05, 4.69) is 16.0 Å². The second-order valence-corrected chi connectivity index (χ2v) is 6.65. The summed E-state index contributed by atoms with van der Waals surface area (Å²) in [5.74, 6) is -0.619. The Morgan fingerprint density at radius 2 is 2.04 bits per heavy atom. The molecule has 0 atom stereocenters. The van der Waals surface area contributed by atoms with Crippen LogP contribution in [-0.4, -0.2) is 30.7 Å². The van der Waals surface area contributed by atoms with E-state index >= 15 is 0 Å². The number of amides is 2. The van der Waals surface area contributed by atoms with Gasteiger partial charge in [-0.15, -0.1) is 0 Å². The summed E-state index contributed by atoms with van der Waals surface area (Å²) in [6.45, 7) is 5.85. The number of halogens is 1. The Morgan fingerprint density at radius 1 is 1.35 bits per heavy atom. The second-order valence-electron chi connectivity index (χ2n) is 6.25. The van der Waals surface area contributed by atoms with Gasteiger partial charge in [0.2, 0.25) is 0 Å². The molecule has 2 amide bonds. The molecule has 0 heterocycles. The quantitative estimate of drug-likeness (QED) is 0.260. The molecule has 0 radical (unpaired) electrons. The van der Waals surface area contributed by atoms with Gasteiger partial charge in [-0.25, -0.2) is 4.79 Å². The Kier molecular flexibility index (Phi) is 7.75. The third-order valence-corrected chi connectivity index (χ3v) is 3.10. The normalized spacial score (nSPS) is 11.3. The maximum Gasteiger partial charge on any atom is 0.407 e. The van der Waals surface area contributed by atoms with Crippen molar-refractivity contribution in [3.8, 4) is 6.07 Å². The number of hydrogen-bond acceptors (Lipinski definition) is 6. The molecule has 1 rings (SSSR count). The molecular weight excluding hydrogens is 358 g/mol. The minimum atomic E-state index is -0.619. The Bertz CT molecular complexity index is 735. The molecule has 1 aromatic carbocycles. The molecule has 5 N–H and O–H groups in total. The second kappa shape index (κ2) is 9.53. The van der Waals surface area contributed by atoms with E-state index in [-0.39, 0.29) is 17.1 Å². The van der Waals surface area contributed by atoms with Gasteiger partial charge >= 0.3 is 6.09 Å². The first-order valence-corrected chi connectivity index (χ1v) is 8.17. The molecule has 0 aliphatic heterocycles. The van der Waals surface area contributed by atoms with Crippen LogP contribution in [0.5, 0.6) is 0 Å². The summed E-state index contributed by atoms with van der Waals surface area (Å²) < 4.78 is 5.08. The highest BCUT2D eigenvalue weighted by molar-refractivity contribution is 6.34. The van der Waals surface area contributed by atoms with Crippen LogP contribution in [-0.2, 0) is 9.53 Å². The van der Waals surface area contributed by atoms with Crippen LogP contribution in [0.25, 0.3) is 0 Å². The predicted octanol–water partition coefficient (Wildman–Crippen LogP) is 2.38. The van der Waals surface area contributed by atoms with Gasteiger partial charge in [-0.05, 0) is 39.0 Å². The molecule has 8 nitrogen and oxygen atoms in total. The number of anilines is 2. The number of nitrogens with two attached hydrogens (primary N) is 1. The average molecular weight is 380 g/mol. The summed E-state index contributed by atoms with van der Waals surface area (Å²) >= 11 is 5.98. The zero-order valence-corrected chi connectivity index (χ0v) is 15.6. The molecule has 0 spiro atoms. The summed E-state index contributed by atoms with van der Waals surface area (Å²) in [6.07, 6.45) is 0.719. The number of ether oxygens (including phenoxy) is 1. The third kappa shape index (κ3) is 7.77. The molecule has 0 aromatic heterocycles. The number of nitrogens with zero attached hydrogens (tertiary/aromatic N) is 1. The first-order chi connectivity index (χ1) is 12.1. The van der Waals surface area contributed by atoms with Crippen LogP contribution in [0.4, 0.5) is 16.2 Å². The van der Waals surface area contributed by atoms with Crippen molar-refractivity contribution < 1.29 is 14.3 Å². The number of nitriles is 1. The fourth-order valence-corrected chi connectivity index (χ4v) is 1.93. The van der Waals surface area contributed by atoms with E-state index in [0.717, 1.165) is 0 Å². The van der Waals surface area contributed by atoms with Crippen molar-refractivity contribution in [1.82, 2.24) is 10.6 Å². The Labute approximate surface area is 157 Å². The number of hydrogen-bond donors (Lipinski definition) is 4. The molecule has 0 saturated heterocycles. The lowest BCUT2D eigenvalue weighted by atomic mass is 10.2. The van der Waals surface area contributed by atoms with Crippen LogP contribution in [0, 0.1) is 11.3 Å². The van der Waals surface area contributed by atoms with Crippen molar-refractivity contribution in [3.63, 3.8) is 0 Å². The lowest BCUT2D eigenvalue weighted by Gasteiger charge is -2.19. The number of nitrogen functional groups attached to an aromatic ring is 1. The highest BCUT2D eigenvalue weighted by Gasteiger charge is 2.15. The molecule has 0 saturated carbocycles. The monoisotopic (exact) mass is 379 g/mol. The molecule has 0 fully saturated rings. The van der Waals surface area contributed by atoms with Gasteiger partial charge in [0.15, 0.2) is 0 Å². The summed E-state index contributed by atoms with van der Waals surface area (Å²) in [6, 6.07) is 6.41. The molecule has 1 aromatic rings. The zero-order chi connectivity index (χ0) is 19.7. The van der Waals surface area contributed by atoms with E-state index in [1.165, 1.54) is 12.3 Å². The van der Waals surface area contributed by atoms with Crippen LogP contribution in [0.3, 0.4) is 0 Å². The van der Waals surface area contributed by atoms with E-state index in [1.54, 1.807) is 39.0 Å². The summed E-state index contributed by atoms with van der Waals surface area (Å²) in [7, 11) is 0. The Hall–Kier alpha value is -2.92. The average Bonchev–Trinajstić information content (AvgIpc) is 2.51. The maximum atomic E-state index is 12.1. The number of carbonyl (C=O) groups excluding carboxylic acids is 2. The van der Waals surface area contributed by atoms with Gasteiger partial charge in [-0.2, -0.15) is 5.26 Å². The van der Waals surface area contributed by atoms with Crippen LogP contribution >= 0.6 is 11.6 Å². The van der Waals surface area contributed by atoms with E-state index < -0.39 is 17.6 Å². The smallest absolute Gasteiger partial charge is 0.407 e. The van der Waals surface area contributed by atoms with Gasteiger partial charge in [0.1, 0.15) is 17.2 Å². The fourth-order valence-electron chi connectivity index (χ4n) is 1.70. The van der Waals surface area contributed by atoms with Crippen molar-refractivity contribution >= 4 is 35.0 Å². The predicted molar refractivity (Wildman–Crippen MR) is 100 cm³/mol. The van der Waals surface area contributed by atoms with Crippen molar-refractivity contribution in [2.45, 2.75) is 26.4 Å². The van der Waals surface area contributed by atoms with E-state index in [4.69, 9.17) is 27.3 Å². The van der Waals surface area contributed by atoms with Crippen LogP contribution in [0.15, 0.2) is 30.0 Å². The van der Waals surface area contributed by atoms with E-state index in [9.17, 15) is 9.59 Å². The lowest BCUT2D eigenvalue weighted by Crippen LogP contribution is -2.35. The van der Waals surface area contributed by atoms with Crippen LogP contribution < -0.4 is 21.7 Å². The molecule has 0 aliphatic carbocycles. The molecule has 0 unspecified atom stereocenters. The first-order valence-electron chi connectivity index (χ1n) is 7.79. The van der Waals surface area contributed by atoms with Crippen molar-refractivity contribution in [1.29, 1.82) is 5.26 Å². The standard InChI is InChI=1S/C17H22ClN5O3/c1-17(2,3)26-16(25)22-7-6-21-10-11(9-19)15(24)23-14-5-4-12(20)8-13(14)18/h4-5,8,10,21H,6-7,20H2,1-3H3,(H,22,25)(H,23,24)/b11-10-. The largest absolute Gasteiger partial charge is 0.444 e. The summed E-state index contributed by atoms with van der Waals surface area (Å²) in [5.41, 5.74) is 5.67. The molecule has 26 heavy (non-hydrogen) atoms. The summed E-state index contributed by atoms with van der Waals surface area (Å²) in [4.78, 5) is 23.6. The van der Waals surface area contributed by atoms with Crippen molar-refractivity contribution in [2.24, 2.45) is 0 Å². The zero-order valence-electron chi connectivity index (χ0n) is 14.9. The molecule has 0 bridgehead atoms. The fraction of sp³-hybridized carbons (Fsp3) is 0.353. The Morgan fingerprint density at radius 3 is 2.62 bits per heavy atom. The van der Waals surface area contributed by atoms with E-state index in [0.29, 0.717) is 17.9 Å². The highest BCUT2D eigenvalue weighted by Crippen LogP contribution is 2.24. The number of benzene rings is 1. The molecule has 9 heteroatoms. The first kappa shape index (κ1) is 21.1. The van der Waals surface area contributed by atoms with Crippen LogP contribution in [0.2, 0.25) is 5.02 Å². The summed E-state index contributed by atoms with van der Waals surface area (Å²) in [5, 5.41) is 17.2. The Balaban J connectivity index is 2.48. The van der Waals surface area contributed by atoms with Gasteiger partial charge < -0.3 is 26.4 Å². The van der Waals surface area contributed by atoms with Gasteiger partial charge in [0, 0.05) is 25.0 Å². The van der Waals surface area contributed by atoms with E-state index in [1.807, 2.05) is 0 Å². The van der Waals surface area contributed by atoms with Gasteiger partial charge in [0.05, 0.1) is 10.7 Å². The molecule has 140 valence electrons. The highest BCUT2D eigenvalue weighted by atomic mass is 35.5. The molecular formula is C17H22ClN5O3. The molecule has 0 aliphatic rings. The lowest BCUT2D eigenvalue weighted by molar-refractivity contribution is -0.112. The van der Waals surface area contributed by atoms with Gasteiger partial charge in [0.25, 0.3) is 5.91 Å². The number of carbonyl (C=O) groups is 2. The number of nitrogens with one attached hydrogen (secondary N) is 3. The van der Waals surface area contributed by atoms with Gasteiger partial charge in [-0.3, -0.25) is 4.79 Å². The minimum Gasteiger partial charge on any atom is -0.444 e. The van der Waals surface area contributed by atoms with Crippen LogP contribution in [0.1, 0.15) is 20.8 Å². The maximum absolute atomic E-state index is 12.1. The van der Waals surface area contributed by atoms with Crippen molar-refractivity contribution in [3.05, 3.63) is 35.0 Å². The SMILES string of the molecule is CC(C)(C)OC(=O)NCCN/C=C(/C#N)C(=O)Nc1ccc(N)cc1Cl. The minimum absolute atomic E-state index is 0.143. The number of rotatable bonds is 6. The van der Waals surface area contributed by atoms with Gasteiger partial charge in [-0.1, -0.05) is 11.6 Å².